The van der Waals surface area contributed by atoms with E-state index in [9.17, 15) is 0 Å². The third kappa shape index (κ3) is 3.96. The number of terminal acetylenes is 1. The van der Waals surface area contributed by atoms with Gasteiger partial charge in [-0.1, -0.05) is 6.92 Å². The van der Waals surface area contributed by atoms with Gasteiger partial charge in [0.15, 0.2) is 0 Å². The SMILES string of the molecule is C#CCCCC(NCCC)c1scnc1C. The van der Waals surface area contributed by atoms with E-state index in [2.05, 4.69) is 30.1 Å². The van der Waals surface area contributed by atoms with Gasteiger partial charge in [0.2, 0.25) is 0 Å². The molecule has 0 aliphatic heterocycles. The molecule has 1 heterocycles. The zero-order valence-electron chi connectivity index (χ0n) is 10.1. The Morgan fingerprint density at radius 2 is 2.44 bits per heavy atom. The maximum Gasteiger partial charge on any atom is 0.0798 e. The van der Waals surface area contributed by atoms with Crippen LogP contribution in [0.5, 0.6) is 0 Å². The fourth-order valence-electron chi connectivity index (χ4n) is 1.70. The lowest BCUT2D eigenvalue weighted by atomic mass is 10.1. The first-order chi connectivity index (χ1) is 7.79. The molecule has 1 atom stereocenters. The highest BCUT2D eigenvalue weighted by molar-refractivity contribution is 7.09. The maximum atomic E-state index is 5.28. The minimum absolute atomic E-state index is 0.431. The molecule has 88 valence electrons. The number of nitrogens with one attached hydrogen (secondary N) is 1. The molecule has 16 heavy (non-hydrogen) atoms. The van der Waals surface area contributed by atoms with Crippen LogP contribution in [0.3, 0.4) is 0 Å². The Hall–Kier alpha value is -0.850. The Morgan fingerprint density at radius 1 is 1.62 bits per heavy atom. The highest BCUT2D eigenvalue weighted by Gasteiger charge is 2.14. The van der Waals surface area contributed by atoms with E-state index >= 15 is 0 Å². The topological polar surface area (TPSA) is 24.9 Å². The molecule has 0 saturated carbocycles. The number of hydrogen-bond acceptors (Lipinski definition) is 3. The van der Waals surface area contributed by atoms with Gasteiger partial charge in [0.05, 0.1) is 11.2 Å². The average molecular weight is 236 g/mol. The third-order valence-electron chi connectivity index (χ3n) is 2.55. The van der Waals surface area contributed by atoms with E-state index < -0.39 is 0 Å². The summed E-state index contributed by atoms with van der Waals surface area (Å²) >= 11 is 1.74. The van der Waals surface area contributed by atoms with Crippen molar-refractivity contribution in [2.45, 2.75) is 45.6 Å². The van der Waals surface area contributed by atoms with Crippen molar-refractivity contribution in [2.75, 3.05) is 6.54 Å². The van der Waals surface area contributed by atoms with Crippen LogP contribution in [0.15, 0.2) is 5.51 Å². The lowest BCUT2D eigenvalue weighted by Gasteiger charge is -2.17. The van der Waals surface area contributed by atoms with Crippen LogP contribution in [-0.4, -0.2) is 11.5 Å². The first-order valence-electron chi connectivity index (χ1n) is 5.86. The van der Waals surface area contributed by atoms with Crippen LogP contribution in [-0.2, 0) is 0 Å². The highest BCUT2D eigenvalue weighted by atomic mass is 32.1. The van der Waals surface area contributed by atoms with Crippen molar-refractivity contribution in [3.05, 3.63) is 16.1 Å². The molecular weight excluding hydrogens is 216 g/mol. The molecule has 0 saturated heterocycles. The number of nitrogens with zero attached hydrogens (tertiary/aromatic N) is 1. The molecule has 0 aromatic carbocycles. The van der Waals surface area contributed by atoms with Crippen LogP contribution in [0, 0.1) is 19.3 Å². The van der Waals surface area contributed by atoms with E-state index in [4.69, 9.17) is 6.42 Å². The molecule has 1 aromatic heterocycles. The zero-order chi connectivity index (χ0) is 11.8. The number of aromatic nitrogens is 1. The van der Waals surface area contributed by atoms with Crippen molar-refractivity contribution in [3.8, 4) is 12.3 Å². The Kier molecular flexibility index (Phi) is 6.14. The van der Waals surface area contributed by atoms with Crippen molar-refractivity contribution < 1.29 is 0 Å². The van der Waals surface area contributed by atoms with Gasteiger partial charge in [-0.25, -0.2) is 4.98 Å². The first kappa shape index (κ1) is 13.2. The number of thiazole rings is 1. The molecule has 0 spiro atoms. The predicted octanol–water partition coefficient (Wildman–Crippen LogP) is 3.30. The fourth-order valence-corrected chi connectivity index (χ4v) is 2.61. The summed E-state index contributed by atoms with van der Waals surface area (Å²) in [6.07, 6.45) is 9.49. The summed E-state index contributed by atoms with van der Waals surface area (Å²) < 4.78 is 0. The molecule has 0 radical (unpaired) electrons. The molecule has 0 aliphatic rings. The molecule has 1 rings (SSSR count). The Labute approximate surface area is 102 Å². The molecule has 0 amide bonds. The summed E-state index contributed by atoms with van der Waals surface area (Å²) in [5.41, 5.74) is 3.08. The van der Waals surface area contributed by atoms with Crippen molar-refractivity contribution in [1.82, 2.24) is 10.3 Å². The Morgan fingerprint density at radius 3 is 3.00 bits per heavy atom. The van der Waals surface area contributed by atoms with Crippen molar-refractivity contribution in [1.29, 1.82) is 0 Å². The minimum Gasteiger partial charge on any atom is -0.309 e. The number of rotatable bonds is 7. The van der Waals surface area contributed by atoms with Gasteiger partial charge in [-0.05, 0) is 32.7 Å². The number of aryl methyl sites for hydroxylation is 1. The molecule has 1 N–H and O–H groups in total. The van der Waals surface area contributed by atoms with E-state index in [1.54, 1.807) is 11.3 Å². The summed E-state index contributed by atoms with van der Waals surface area (Å²) in [6.45, 7) is 5.32. The van der Waals surface area contributed by atoms with Crippen molar-refractivity contribution in [2.24, 2.45) is 0 Å². The fraction of sp³-hybridized carbons (Fsp3) is 0.615. The van der Waals surface area contributed by atoms with E-state index in [-0.39, 0.29) is 0 Å². The largest absolute Gasteiger partial charge is 0.309 e. The van der Waals surface area contributed by atoms with Gasteiger partial charge in [-0.15, -0.1) is 23.7 Å². The van der Waals surface area contributed by atoms with Gasteiger partial charge in [0.1, 0.15) is 0 Å². The monoisotopic (exact) mass is 236 g/mol. The predicted molar refractivity (Wildman–Crippen MR) is 70.6 cm³/mol. The summed E-state index contributed by atoms with van der Waals surface area (Å²) in [7, 11) is 0. The van der Waals surface area contributed by atoms with Gasteiger partial charge >= 0.3 is 0 Å². The van der Waals surface area contributed by atoms with Gasteiger partial charge in [0, 0.05) is 17.3 Å². The standard InChI is InChI=1S/C13H20N2S/c1-4-6-7-8-12(14-9-5-2)13-11(3)15-10-16-13/h1,10,12,14H,5-9H2,2-3H3. The van der Waals surface area contributed by atoms with Crippen LogP contribution in [0.4, 0.5) is 0 Å². The second-order valence-corrected chi connectivity index (χ2v) is 4.79. The molecule has 0 aliphatic carbocycles. The van der Waals surface area contributed by atoms with Gasteiger partial charge in [-0.3, -0.25) is 0 Å². The Bertz CT molecular complexity index is 338. The first-order valence-corrected chi connectivity index (χ1v) is 6.74. The molecule has 3 heteroatoms. The van der Waals surface area contributed by atoms with Gasteiger partial charge in [-0.2, -0.15) is 0 Å². The van der Waals surface area contributed by atoms with E-state index in [1.807, 2.05) is 5.51 Å². The lowest BCUT2D eigenvalue weighted by molar-refractivity contribution is 0.491. The quantitative estimate of drug-likeness (QED) is 0.580. The third-order valence-corrected chi connectivity index (χ3v) is 3.60. The molecule has 0 bridgehead atoms. The van der Waals surface area contributed by atoms with E-state index in [1.165, 1.54) is 4.88 Å². The highest BCUT2D eigenvalue weighted by Crippen LogP contribution is 2.25. The van der Waals surface area contributed by atoms with E-state index in [0.717, 1.165) is 37.9 Å². The molecule has 2 nitrogen and oxygen atoms in total. The summed E-state index contributed by atoms with van der Waals surface area (Å²) in [5.74, 6) is 2.70. The molecule has 0 fully saturated rings. The normalized spacial score (nSPS) is 12.3. The summed E-state index contributed by atoms with van der Waals surface area (Å²) in [5, 5.41) is 3.57. The smallest absolute Gasteiger partial charge is 0.0798 e. The Balaban J connectivity index is 2.57. The number of unbranched alkanes of at least 4 members (excludes halogenated alkanes) is 1. The molecule has 1 unspecified atom stereocenters. The van der Waals surface area contributed by atoms with Crippen LogP contribution in [0.2, 0.25) is 0 Å². The van der Waals surface area contributed by atoms with Crippen LogP contribution >= 0.6 is 11.3 Å². The van der Waals surface area contributed by atoms with Crippen LogP contribution in [0.25, 0.3) is 0 Å². The van der Waals surface area contributed by atoms with E-state index in [0.29, 0.717) is 6.04 Å². The van der Waals surface area contributed by atoms with Gasteiger partial charge in [0.25, 0.3) is 0 Å². The number of hydrogen-bond donors (Lipinski definition) is 1. The van der Waals surface area contributed by atoms with Gasteiger partial charge < -0.3 is 5.32 Å². The van der Waals surface area contributed by atoms with Crippen molar-refractivity contribution in [3.63, 3.8) is 0 Å². The molecule has 1 aromatic rings. The second kappa shape index (κ2) is 7.43. The minimum atomic E-state index is 0.431. The molecular formula is C13H20N2S. The summed E-state index contributed by atoms with van der Waals surface area (Å²) in [4.78, 5) is 5.68. The van der Waals surface area contributed by atoms with Crippen LogP contribution in [0.1, 0.15) is 49.2 Å². The summed E-state index contributed by atoms with van der Waals surface area (Å²) in [6, 6.07) is 0.431. The van der Waals surface area contributed by atoms with Crippen LogP contribution < -0.4 is 5.32 Å². The van der Waals surface area contributed by atoms with Crippen molar-refractivity contribution >= 4 is 11.3 Å². The zero-order valence-corrected chi connectivity index (χ0v) is 10.9. The second-order valence-electron chi connectivity index (χ2n) is 3.91. The lowest BCUT2D eigenvalue weighted by Crippen LogP contribution is -2.22. The average Bonchev–Trinajstić information content (AvgIpc) is 2.70. The maximum absolute atomic E-state index is 5.28.